The predicted molar refractivity (Wildman–Crippen MR) is 43.5 cm³/mol. The Hall–Kier alpha value is -0.570. The normalized spacial score (nSPS) is 18.6. The number of hydrogen-bond donors (Lipinski definition) is 0. The molecule has 0 aliphatic carbocycles. The van der Waals surface area contributed by atoms with E-state index in [2.05, 4.69) is 11.9 Å². The van der Waals surface area contributed by atoms with Crippen molar-refractivity contribution in [3.63, 3.8) is 0 Å². The van der Waals surface area contributed by atoms with Gasteiger partial charge in [-0.25, -0.2) is 5.01 Å². The van der Waals surface area contributed by atoms with Crippen LogP contribution in [0.1, 0.15) is 26.2 Å². The summed E-state index contributed by atoms with van der Waals surface area (Å²) in [5, 5.41) is 3.75. The highest BCUT2D eigenvalue weighted by Gasteiger charge is 2.17. The van der Waals surface area contributed by atoms with Gasteiger partial charge >= 0.3 is 6.41 Å². The van der Waals surface area contributed by atoms with Crippen molar-refractivity contribution in [2.75, 3.05) is 19.6 Å². The molecular weight excluding hydrogens is 140 g/mol. The van der Waals surface area contributed by atoms with Gasteiger partial charge in [-0.05, 0) is 19.3 Å². The number of carbonyl (C=O) groups excluding carboxylic acids is 1. The minimum Gasteiger partial charge on any atom is -0.267 e. The van der Waals surface area contributed by atoms with Crippen molar-refractivity contribution in [2.45, 2.75) is 26.2 Å². The third-order valence-electron chi connectivity index (χ3n) is 1.96. The summed E-state index contributed by atoms with van der Waals surface area (Å²) in [7, 11) is 0. The second-order valence-electron chi connectivity index (χ2n) is 2.88. The van der Waals surface area contributed by atoms with Gasteiger partial charge in [-0.1, -0.05) is 6.92 Å². The average Bonchev–Trinajstić information content (AvgIpc) is 2.52. The lowest BCUT2D eigenvalue weighted by Gasteiger charge is -2.25. The minimum atomic E-state index is 0.809. The molecule has 63 valence electrons. The predicted octanol–water partition coefficient (Wildman–Crippen LogP) is 0.776. The summed E-state index contributed by atoms with van der Waals surface area (Å²) in [6.07, 6.45) is 5.38. The number of hydrazine groups is 1. The Morgan fingerprint density at radius 2 is 2.09 bits per heavy atom. The van der Waals surface area contributed by atoms with Crippen LogP contribution in [-0.4, -0.2) is 36.1 Å². The van der Waals surface area contributed by atoms with E-state index in [9.17, 15) is 4.79 Å². The van der Waals surface area contributed by atoms with Crippen molar-refractivity contribution in [2.24, 2.45) is 0 Å². The van der Waals surface area contributed by atoms with Crippen molar-refractivity contribution in [3.05, 3.63) is 0 Å². The number of rotatable bonds is 4. The van der Waals surface area contributed by atoms with Gasteiger partial charge < -0.3 is 0 Å². The molecule has 1 saturated heterocycles. The smallest absolute Gasteiger partial charge is 0.267 e. The Bertz CT molecular complexity index is 121. The highest BCUT2D eigenvalue weighted by Crippen LogP contribution is 2.09. The number of amides is 1. The molecule has 0 aromatic carbocycles. The zero-order valence-electron chi connectivity index (χ0n) is 7.05. The minimum absolute atomic E-state index is 0.809. The monoisotopic (exact) mass is 155 g/mol. The molecule has 0 aromatic heterocycles. The van der Waals surface area contributed by atoms with Crippen LogP contribution >= 0.6 is 0 Å². The third kappa shape index (κ3) is 2.19. The van der Waals surface area contributed by atoms with Gasteiger partial charge in [-0.2, -0.15) is 0 Å². The Balaban J connectivity index is 2.33. The van der Waals surface area contributed by atoms with Gasteiger partial charge in [0.05, 0.1) is 0 Å². The van der Waals surface area contributed by atoms with E-state index >= 15 is 0 Å². The molecule has 11 heavy (non-hydrogen) atoms. The fourth-order valence-corrected chi connectivity index (χ4v) is 1.40. The standard InChI is InChI=1S/C8H15N2O/c1-2-5-10(8-11)9-6-3-4-7-9/h2-7H2,1H3. The van der Waals surface area contributed by atoms with Crippen LogP contribution in [-0.2, 0) is 4.79 Å². The first kappa shape index (κ1) is 8.53. The van der Waals surface area contributed by atoms with Gasteiger partial charge in [-0.15, -0.1) is 0 Å². The lowest BCUT2D eigenvalue weighted by Crippen LogP contribution is -2.39. The van der Waals surface area contributed by atoms with E-state index in [4.69, 9.17) is 0 Å². The third-order valence-corrected chi connectivity index (χ3v) is 1.96. The van der Waals surface area contributed by atoms with Crippen LogP contribution in [0.3, 0.4) is 0 Å². The molecule has 1 amide bonds. The van der Waals surface area contributed by atoms with Gasteiger partial charge in [0, 0.05) is 19.6 Å². The van der Waals surface area contributed by atoms with Crippen LogP contribution in [0, 0.1) is 0 Å². The van der Waals surface area contributed by atoms with Crippen LogP contribution in [0.2, 0.25) is 0 Å². The molecule has 1 aliphatic heterocycles. The van der Waals surface area contributed by atoms with Crippen molar-refractivity contribution >= 4 is 6.41 Å². The summed E-state index contributed by atoms with van der Waals surface area (Å²) in [6, 6.07) is 0. The molecule has 3 nitrogen and oxygen atoms in total. The highest BCUT2D eigenvalue weighted by atomic mass is 16.1. The molecule has 0 saturated carbocycles. The van der Waals surface area contributed by atoms with E-state index in [-0.39, 0.29) is 0 Å². The fourth-order valence-electron chi connectivity index (χ4n) is 1.40. The first-order valence-electron chi connectivity index (χ1n) is 4.28. The van der Waals surface area contributed by atoms with Gasteiger partial charge in [0.15, 0.2) is 0 Å². The summed E-state index contributed by atoms with van der Waals surface area (Å²) >= 11 is 0. The van der Waals surface area contributed by atoms with Crippen LogP contribution in [0.25, 0.3) is 0 Å². The van der Waals surface area contributed by atoms with E-state index in [0.29, 0.717) is 0 Å². The van der Waals surface area contributed by atoms with E-state index in [1.165, 1.54) is 12.8 Å². The summed E-state index contributed by atoms with van der Waals surface area (Å²) in [4.78, 5) is 10.4. The molecule has 0 bridgehead atoms. The first-order chi connectivity index (χ1) is 5.38. The van der Waals surface area contributed by atoms with E-state index < -0.39 is 0 Å². The molecule has 1 aliphatic rings. The molecule has 0 N–H and O–H groups in total. The first-order valence-corrected chi connectivity index (χ1v) is 4.28. The van der Waals surface area contributed by atoms with Crippen LogP contribution in [0.5, 0.6) is 0 Å². The fraction of sp³-hybridized carbons (Fsp3) is 0.875. The van der Waals surface area contributed by atoms with Gasteiger partial charge in [-0.3, -0.25) is 9.80 Å². The summed E-state index contributed by atoms with van der Waals surface area (Å²) in [5.41, 5.74) is 0. The number of hydrogen-bond acceptors (Lipinski definition) is 2. The van der Waals surface area contributed by atoms with Gasteiger partial charge in [0.1, 0.15) is 0 Å². The van der Waals surface area contributed by atoms with Gasteiger partial charge in [0.2, 0.25) is 0 Å². The maximum atomic E-state index is 10.4. The molecule has 0 atom stereocenters. The molecule has 1 rings (SSSR count). The lowest BCUT2D eigenvalue weighted by molar-refractivity contribution is 0.0703. The topological polar surface area (TPSA) is 23.6 Å². The van der Waals surface area contributed by atoms with Crippen LogP contribution in [0.4, 0.5) is 0 Å². The highest BCUT2D eigenvalue weighted by molar-refractivity contribution is 5.47. The molecule has 1 fully saturated rings. The largest absolute Gasteiger partial charge is 0.327 e. The second kappa shape index (κ2) is 4.34. The second-order valence-corrected chi connectivity index (χ2v) is 2.88. The number of nitrogens with zero attached hydrogens (tertiary/aromatic N) is 2. The summed E-state index contributed by atoms with van der Waals surface area (Å²) in [6.45, 7) is 4.92. The van der Waals surface area contributed by atoms with Crippen molar-refractivity contribution in [3.8, 4) is 0 Å². The van der Waals surface area contributed by atoms with E-state index in [1.807, 2.05) is 6.41 Å². The zero-order chi connectivity index (χ0) is 8.10. The maximum absolute atomic E-state index is 10.4. The SMILES string of the molecule is CCCN([C]=O)N1CCCC1. The molecule has 0 unspecified atom stereocenters. The Morgan fingerprint density at radius 1 is 1.45 bits per heavy atom. The lowest BCUT2D eigenvalue weighted by atomic mass is 10.4. The van der Waals surface area contributed by atoms with Gasteiger partial charge in [0.25, 0.3) is 0 Å². The summed E-state index contributed by atoms with van der Waals surface area (Å²) in [5.74, 6) is 0. The quantitative estimate of drug-likeness (QED) is 0.560. The molecule has 3 heteroatoms. The van der Waals surface area contributed by atoms with Crippen molar-refractivity contribution < 1.29 is 4.79 Å². The van der Waals surface area contributed by atoms with E-state index in [0.717, 1.165) is 26.1 Å². The van der Waals surface area contributed by atoms with Crippen LogP contribution < -0.4 is 0 Å². The Kier molecular flexibility index (Phi) is 3.36. The van der Waals surface area contributed by atoms with E-state index in [1.54, 1.807) is 5.01 Å². The molecule has 1 heterocycles. The Labute approximate surface area is 67.9 Å². The molecule has 1 radical (unpaired) electrons. The molecular formula is C8H15N2O. The van der Waals surface area contributed by atoms with Crippen LogP contribution in [0.15, 0.2) is 0 Å². The summed E-state index contributed by atoms with van der Waals surface area (Å²) < 4.78 is 0. The molecule has 0 aromatic rings. The van der Waals surface area contributed by atoms with Crippen molar-refractivity contribution in [1.82, 2.24) is 10.0 Å². The maximum Gasteiger partial charge on any atom is 0.327 e. The molecule has 0 spiro atoms. The zero-order valence-corrected chi connectivity index (χ0v) is 7.05. The average molecular weight is 155 g/mol. The van der Waals surface area contributed by atoms with Crippen molar-refractivity contribution in [1.29, 1.82) is 0 Å². The Morgan fingerprint density at radius 3 is 2.55 bits per heavy atom.